The number of carbonyl (C=O) groups is 1. The largest absolute Gasteiger partial charge is 0.469 e. The van der Waals surface area contributed by atoms with E-state index in [1.165, 1.54) is 39.2 Å². The van der Waals surface area contributed by atoms with Gasteiger partial charge in [-0.1, -0.05) is 81.2 Å². The summed E-state index contributed by atoms with van der Waals surface area (Å²) in [7, 11) is 1.45. The average Bonchev–Trinajstić information content (AvgIpc) is 2.63. The molecule has 25 heavy (non-hydrogen) atoms. The van der Waals surface area contributed by atoms with Crippen molar-refractivity contribution in [1.29, 1.82) is 0 Å². The Hall–Kier alpha value is -1.57. The quantitative estimate of drug-likeness (QED) is 0.169. The standard InChI is InChI=1S/C23H38O2/c1-3-4-5-6-7-8-9-10-11-12-13-14-15-16-17-18-19-20-21-22-23(24)25-2/h4-5,7-8,10-11,13-14H,3,6,9,12,15-22H2,1-2H3. The van der Waals surface area contributed by atoms with Crippen LogP contribution in [-0.2, 0) is 9.53 Å². The maximum Gasteiger partial charge on any atom is 0.305 e. The lowest BCUT2D eigenvalue weighted by Crippen LogP contribution is -1.99. The van der Waals surface area contributed by atoms with E-state index in [4.69, 9.17) is 0 Å². The Morgan fingerprint density at radius 1 is 0.680 bits per heavy atom. The minimum atomic E-state index is -0.0839. The van der Waals surface area contributed by atoms with Crippen molar-refractivity contribution < 1.29 is 9.53 Å². The van der Waals surface area contributed by atoms with Crippen molar-refractivity contribution in [2.24, 2.45) is 0 Å². The van der Waals surface area contributed by atoms with Crippen LogP contribution in [0.5, 0.6) is 0 Å². The fourth-order valence-electron chi connectivity index (χ4n) is 2.44. The minimum Gasteiger partial charge on any atom is -0.469 e. The predicted octanol–water partition coefficient (Wildman–Crippen LogP) is 7.09. The summed E-state index contributed by atoms with van der Waals surface area (Å²) in [5.41, 5.74) is 0. The van der Waals surface area contributed by atoms with Gasteiger partial charge in [-0.25, -0.2) is 0 Å². The number of hydrogen-bond donors (Lipinski definition) is 0. The molecule has 0 aromatic carbocycles. The van der Waals surface area contributed by atoms with E-state index in [2.05, 4.69) is 60.3 Å². The molecular weight excluding hydrogens is 308 g/mol. The Balaban J connectivity index is 3.31. The van der Waals surface area contributed by atoms with Crippen molar-refractivity contribution in [3.63, 3.8) is 0 Å². The van der Waals surface area contributed by atoms with E-state index in [-0.39, 0.29) is 5.97 Å². The summed E-state index contributed by atoms with van der Waals surface area (Å²) in [5.74, 6) is -0.0839. The van der Waals surface area contributed by atoms with E-state index in [1.54, 1.807) is 0 Å². The topological polar surface area (TPSA) is 26.3 Å². The maximum absolute atomic E-state index is 11.0. The molecule has 0 aliphatic heterocycles. The normalized spacial score (nSPS) is 12.2. The molecule has 0 radical (unpaired) electrons. The first kappa shape index (κ1) is 23.4. The Labute approximate surface area is 155 Å². The molecule has 0 unspecified atom stereocenters. The molecule has 0 saturated heterocycles. The molecule has 0 bridgehead atoms. The lowest BCUT2D eigenvalue weighted by Gasteiger charge is -2.00. The fraction of sp³-hybridized carbons (Fsp3) is 0.609. The van der Waals surface area contributed by atoms with Crippen LogP contribution in [0.1, 0.15) is 84.0 Å². The lowest BCUT2D eigenvalue weighted by atomic mass is 10.1. The van der Waals surface area contributed by atoms with E-state index in [0.29, 0.717) is 6.42 Å². The second kappa shape index (κ2) is 20.5. The molecule has 0 amide bonds. The Bertz CT molecular complexity index is 402. The van der Waals surface area contributed by atoms with Gasteiger partial charge in [0.25, 0.3) is 0 Å². The summed E-state index contributed by atoms with van der Waals surface area (Å²) in [5, 5.41) is 0. The zero-order valence-corrected chi connectivity index (χ0v) is 16.4. The second-order valence-electron chi connectivity index (χ2n) is 6.24. The van der Waals surface area contributed by atoms with Crippen LogP contribution >= 0.6 is 0 Å². The predicted molar refractivity (Wildman–Crippen MR) is 110 cm³/mol. The van der Waals surface area contributed by atoms with Crippen LogP contribution in [-0.4, -0.2) is 13.1 Å². The zero-order valence-electron chi connectivity index (χ0n) is 16.4. The number of allylic oxidation sites excluding steroid dienone is 8. The molecule has 0 aromatic heterocycles. The van der Waals surface area contributed by atoms with Gasteiger partial charge in [0.05, 0.1) is 7.11 Å². The molecule has 142 valence electrons. The van der Waals surface area contributed by atoms with E-state index in [1.807, 2.05) is 0 Å². The van der Waals surface area contributed by atoms with Gasteiger partial charge in [0, 0.05) is 6.42 Å². The van der Waals surface area contributed by atoms with Gasteiger partial charge < -0.3 is 4.74 Å². The average molecular weight is 347 g/mol. The van der Waals surface area contributed by atoms with Crippen LogP contribution in [0.15, 0.2) is 48.6 Å². The van der Waals surface area contributed by atoms with Crippen LogP contribution in [0.3, 0.4) is 0 Å². The SMILES string of the molecule is CCC=CCC=CCC=CCC=CCCCCCCCCC(=O)OC. The van der Waals surface area contributed by atoms with Crippen LogP contribution in [0.25, 0.3) is 0 Å². The van der Waals surface area contributed by atoms with Crippen molar-refractivity contribution >= 4 is 5.97 Å². The number of carbonyl (C=O) groups excluding carboxylic acids is 1. The van der Waals surface area contributed by atoms with Crippen LogP contribution < -0.4 is 0 Å². The van der Waals surface area contributed by atoms with Gasteiger partial charge in [-0.05, 0) is 44.9 Å². The van der Waals surface area contributed by atoms with E-state index < -0.39 is 0 Å². The second-order valence-corrected chi connectivity index (χ2v) is 6.24. The molecule has 0 saturated carbocycles. The number of ether oxygens (including phenoxy) is 1. The Morgan fingerprint density at radius 2 is 1.16 bits per heavy atom. The maximum atomic E-state index is 11.0. The van der Waals surface area contributed by atoms with Crippen LogP contribution in [0.4, 0.5) is 0 Å². The van der Waals surface area contributed by atoms with Gasteiger partial charge >= 0.3 is 5.97 Å². The van der Waals surface area contributed by atoms with Crippen molar-refractivity contribution in [2.45, 2.75) is 84.0 Å². The minimum absolute atomic E-state index is 0.0839. The third-order valence-electron chi connectivity index (χ3n) is 3.95. The monoisotopic (exact) mass is 346 g/mol. The molecule has 0 spiro atoms. The summed E-state index contributed by atoms with van der Waals surface area (Å²) < 4.78 is 4.63. The van der Waals surface area contributed by atoms with Gasteiger partial charge in [0.1, 0.15) is 0 Å². The third-order valence-corrected chi connectivity index (χ3v) is 3.95. The number of unbranched alkanes of at least 4 members (excludes halogenated alkanes) is 6. The van der Waals surface area contributed by atoms with Crippen LogP contribution in [0.2, 0.25) is 0 Å². The van der Waals surface area contributed by atoms with Gasteiger partial charge in [0.15, 0.2) is 0 Å². The molecule has 0 aliphatic carbocycles. The van der Waals surface area contributed by atoms with Gasteiger partial charge in [0.2, 0.25) is 0 Å². The van der Waals surface area contributed by atoms with Crippen LogP contribution in [0, 0.1) is 0 Å². The number of esters is 1. The van der Waals surface area contributed by atoms with Crippen molar-refractivity contribution in [3.8, 4) is 0 Å². The first-order valence-corrected chi connectivity index (χ1v) is 9.98. The summed E-state index contributed by atoms with van der Waals surface area (Å²) in [4.78, 5) is 11.0. The number of methoxy groups -OCH3 is 1. The number of hydrogen-bond acceptors (Lipinski definition) is 2. The summed E-state index contributed by atoms with van der Waals surface area (Å²) in [6.45, 7) is 2.16. The first-order chi connectivity index (χ1) is 12.3. The highest BCUT2D eigenvalue weighted by Gasteiger charge is 1.98. The summed E-state index contributed by atoms with van der Waals surface area (Å²) in [6, 6.07) is 0. The van der Waals surface area contributed by atoms with Gasteiger partial charge in [-0.3, -0.25) is 4.79 Å². The summed E-state index contributed by atoms with van der Waals surface area (Å²) in [6.07, 6.45) is 31.1. The molecule has 0 fully saturated rings. The molecule has 0 aromatic rings. The zero-order chi connectivity index (χ0) is 18.4. The Kier molecular flexibility index (Phi) is 19.2. The molecule has 0 heterocycles. The highest BCUT2D eigenvalue weighted by atomic mass is 16.5. The van der Waals surface area contributed by atoms with Crippen molar-refractivity contribution in [2.75, 3.05) is 7.11 Å². The Morgan fingerprint density at radius 3 is 1.72 bits per heavy atom. The molecule has 2 nitrogen and oxygen atoms in total. The molecule has 0 atom stereocenters. The highest BCUT2D eigenvalue weighted by Crippen LogP contribution is 2.09. The highest BCUT2D eigenvalue weighted by molar-refractivity contribution is 5.68. The first-order valence-electron chi connectivity index (χ1n) is 9.98. The smallest absolute Gasteiger partial charge is 0.305 e. The molecular formula is C23H38O2. The molecule has 0 rings (SSSR count). The molecule has 0 N–H and O–H groups in total. The number of rotatable bonds is 16. The van der Waals surface area contributed by atoms with E-state index in [9.17, 15) is 4.79 Å². The summed E-state index contributed by atoms with van der Waals surface area (Å²) >= 11 is 0. The molecule has 2 heteroatoms. The van der Waals surface area contributed by atoms with Crippen molar-refractivity contribution in [3.05, 3.63) is 48.6 Å². The molecule has 0 aliphatic rings. The van der Waals surface area contributed by atoms with Gasteiger partial charge in [-0.15, -0.1) is 0 Å². The van der Waals surface area contributed by atoms with Crippen molar-refractivity contribution in [1.82, 2.24) is 0 Å². The third kappa shape index (κ3) is 20.4. The fourth-order valence-corrected chi connectivity index (χ4v) is 2.44. The van der Waals surface area contributed by atoms with Gasteiger partial charge in [-0.2, -0.15) is 0 Å². The van der Waals surface area contributed by atoms with E-state index >= 15 is 0 Å². The lowest BCUT2D eigenvalue weighted by molar-refractivity contribution is -0.140. The van der Waals surface area contributed by atoms with E-state index in [0.717, 1.165) is 38.5 Å².